The molecule has 0 radical (unpaired) electrons. The van der Waals surface area contributed by atoms with Crippen LogP contribution in [0.1, 0.15) is 30.9 Å². The molecule has 0 N–H and O–H groups in total. The molecule has 2 aromatic rings. The van der Waals surface area contributed by atoms with E-state index in [9.17, 15) is 4.79 Å². The lowest BCUT2D eigenvalue weighted by molar-refractivity contribution is -0.113. The van der Waals surface area contributed by atoms with Crippen LogP contribution in [0.15, 0.2) is 35.4 Å². The van der Waals surface area contributed by atoms with Gasteiger partial charge in [-0.25, -0.2) is 0 Å². The Morgan fingerprint density at radius 3 is 1.50 bits per heavy atom. The SMILES string of the molecule is COc1ccc(C=C2CC(C)CC(=Cc3ccc(OC)c(OC)c3Cl)C2=O)c(Cl)c1OC. The van der Waals surface area contributed by atoms with Gasteiger partial charge in [0, 0.05) is 11.1 Å². The van der Waals surface area contributed by atoms with Gasteiger partial charge in [-0.2, -0.15) is 0 Å². The maximum atomic E-state index is 13.3. The summed E-state index contributed by atoms with van der Waals surface area (Å²) >= 11 is 13.1. The Hall–Kier alpha value is -2.63. The normalized spacial score (nSPS) is 18.7. The second-order valence-electron chi connectivity index (χ2n) is 7.59. The van der Waals surface area contributed by atoms with E-state index >= 15 is 0 Å². The van der Waals surface area contributed by atoms with E-state index in [1.165, 1.54) is 14.2 Å². The minimum Gasteiger partial charge on any atom is -0.493 e. The summed E-state index contributed by atoms with van der Waals surface area (Å²) in [6, 6.07) is 7.18. The zero-order valence-corrected chi connectivity index (χ0v) is 20.3. The summed E-state index contributed by atoms with van der Waals surface area (Å²) in [6.45, 7) is 2.11. The molecule has 0 saturated heterocycles. The predicted octanol–water partition coefficient (Wildman–Crippen LogP) is 6.49. The number of halogens is 2. The first kappa shape index (κ1) is 24.0. The molecular formula is C25H26Cl2O5. The molecule has 1 fully saturated rings. The maximum Gasteiger partial charge on any atom is 0.185 e. The van der Waals surface area contributed by atoms with Crippen molar-refractivity contribution in [2.24, 2.45) is 5.92 Å². The summed E-state index contributed by atoms with van der Waals surface area (Å²) in [5.41, 5.74) is 2.76. The molecule has 0 unspecified atom stereocenters. The Kier molecular flexibility index (Phi) is 7.75. The molecule has 0 bridgehead atoms. The van der Waals surface area contributed by atoms with Gasteiger partial charge in [0.15, 0.2) is 28.8 Å². The molecule has 0 amide bonds. The van der Waals surface area contributed by atoms with Crippen LogP contribution in [0.2, 0.25) is 10.0 Å². The molecular weight excluding hydrogens is 451 g/mol. The molecule has 32 heavy (non-hydrogen) atoms. The number of allylic oxidation sites excluding steroid dienone is 2. The Bertz CT molecular complexity index is 1000. The van der Waals surface area contributed by atoms with E-state index in [0.29, 0.717) is 68.2 Å². The monoisotopic (exact) mass is 476 g/mol. The number of methoxy groups -OCH3 is 4. The van der Waals surface area contributed by atoms with E-state index in [2.05, 4.69) is 6.92 Å². The van der Waals surface area contributed by atoms with Gasteiger partial charge in [-0.1, -0.05) is 30.1 Å². The minimum absolute atomic E-state index is 0.0280. The zero-order valence-electron chi connectivity index (χ0n) is 18.8. The number of ether oxygens (including phenoxy) is 4. The number of benzene rings is 2. The molecule has 0 aromatic heterocycles. The van der Waals surface area contributed by atoms with E-state index < -0.39 is 0 Å². The van der Waals surface area contributed by atoms with E-state index in [1.54, 1.807) is 26.4 Å². The summed E-state index contributed by atoms with van der Waals surface area (Å²) in [7, 11) is 6.16. The van der Waals surface area contributed by atoms with E-state index in [-0.39, 0.29) is 11.7 Å². The van der Waals surface area contributed by atoms with Gasteiger partial charge in [0.1, 0.15) is 0 Å². The highest BCUT2D eigenvalue weighted by atomic mass is 35.5. The molecule has 170 valence electrons. The minimum atomic E-state index is -0.0280. The van der Waals surface area contributed by atoms with E-state index in [1.807, 2.05) is 24.3 Å². The van der Waals surface area contributed by atoms with Crippen molar-refractivity contribution in [1.82, 2.24) is 0 Å². The van der Waals surface area contributed by atoms with Crippen molar-refractivity contribution in [3.05, 3.63) is 56.6 Å². The Balaban J connectivity index is 2.02. The second-order valence-corrected chi connectivity index (χ2v) is 8.35. The highest BCUT2D eigenvalue weighted by Gasteiger charge is 2.26. The van der Waals surface area contributed by atoms with Crippen molar-refractivity contribution in [1.29, 1.82) is 0 Å². The standard InChI is InChI=1S/C25H26Cl2O5/c1-14-10-17(12-15-6-8-19(29-2)24(31-4)21(15)26)23(28)18(11-14)13-16-7-9-20(30-3)25(32-5)22(16)27/h6-9,12-14H,10-11H2,1-5H3. The first-order chi connectivity index (χ1) is 15.3. The maximum absolute atomic E-state index is 13.3. The largest absolute Gasteiger partial charge is 0.493 e. The Morgan fingerprint density at radius 1 is 0.750 bits per heavy atom. The van der Waals surface area contributed by atoms with Crippen LogP contribution in [0.5, 0.6) is 23.0 Å². The number of hydrogen-bond donors (Lipinski definition) is 0. The van der Waals surface area contributed by atoms with E-state index in [0.717, 1.165) is 0 Å². The topological polar surface area (TPSA) is 54.0 Å². The van der Waals surface area contributed by atoms with Crippen molar-refractivity contribution in [3.63, 3.8) is 0 Å². The molecule has 0 heterocycles. The van der Waals surface area contributed by atoms with Crippen LogP contribution in [-0.2, 0) is 4.79 Å². The van der Waals surface area contributed by atoms with Gasteiger partial charge in [-0.15, -0.1) is 0 Å². The molecule has 1 saturated carbocycles. The summed E-state index contributed by atoms with van der Waals surface area (Å²) in [6.07, 6.45) is 4.96. The molecule has 5 nitrogen and oxygen atoms in total. The van der Waals surface area contributed by atoms with Crippen LogP contribution in [0.3, 0.4) is 0 Å². The van der Waals surface area contributed by atoms with Crippen LogP contribution in [-0.4, -0.2) is 34.2 Å². The third kappa shape index (κ3) is 4.74. The lowest BCUT2D eigenvalue weighted by atomic mass is 9.80. The van der Waals surface area contributed by atoms with Crippen LogP contribution >= 0.6 is 23.2 Å². The van der Waals surface area contributed by atoms with Crippen molar-refractivity contribution in [3.8, 4) is 23.0 Å². The molecule has 1 aliphatic carbocycles. The lowest BCUT2D eigenvalue weighted by Gasteiger charge is -2.23. The fourth-order valence-electron chi connectivity index (χ4n) is 3.87. The number of ketones is 1. The molecule has 2 aromatic carbocycles. The van der Waals surface area contributed by atoms with Crippen molar-refractivity contribution in [2.45, 2.75) is 19.8 Å². The molecule has 0 aliphatic heterocycles. The molecule has 0 atom stereocenters. The van der Waals surface area contributed by atoms with Crippen LogP contribution in [0, 0.1) is 5.92 Å². The number of rotatable bonds is 6. The van der Waals surface area contributed by atoms with Crippen molar-refractivity contribution >= 4 is 41.1 Å². The van der Waals surface area contributed by atoms with Gasteiger partial charge in [0.25, 0.3) is 0 Å². The number of Topliss-reactive ketones (excluding diaryl/α,β-unsaturated/α-hetero) is 1. The Labute approximate surface area is 198 Å². The fraction of sp³-hybridized carbons (Fsp3) is 0.320. The summed E-state index contributed by atoms with van der Waals surface area (Å²) in [5.74, 6) is 2.20. The summed E-state index contributed by atoms with van der Waals surface area (Å²) < 4.78 is 21.3. The van der Waals surface area contributed by atoms with Gasteiger partial charge >= 0.3 is 0 Å². The van der Waals surface area contributed by atoms with Gasteiger partial charge in [0.2, 0.25) is 0 Å². The van der Waals surface area contributed by atoms with Crippen LogP contribution in [0.25, 0.3) is 12.2 Å². The van der Waals surface area contributed by atoms with Crippen LogP contribution in [0.4, 0.5) is 0 Å². The van der Waals surface area contributed by atoms with Crippen LogP contribution < -0.4 is 18.9 Å². The summed E-state index contributed by atoms with van der Waals surface area (Å²) in [5, 5.41) is 0.803. The average Bonchev–Trinajstić information content (AvgIpc) is 2.78. The molecule has 3 rings (SSSR count). The van der Waals surface area contributed by atoms with Gasteiger partial charge in [-0.3, -0.25) is 4.79 Å². The third-order valence-electron chi connectivity index (χ3n) is 5.41. The predicted molar refractivity (Wildman–Crippen MR) is 128 cm³/mol. The lowest BCUT2D eigenvalue weighted by Crippen LogP contribution is -2.18. The average molecular weight is 477 g/mol. The molecule has 0 spiro atoms. The Morgan fingerprint density at radius 2 is 1.16 bits per heavy atom. The third-order valence-corrected chi connectivity index (χ3v) is 6.19. The van der Waals surface area contributed by atoms with E-state index in [4.69, 9.17) is 42.1 Å². The molecule has 7 heteroatoms. The van der Waals surface area contributed by atoms with Crippen molar-refractivity contribution in [2.75, 3.05) is 28.4 Å². The zero-order chi connectivity index (χ0) is 23.4. The van der Waals surface area contributed by atoms with Crippen molar-refractivity contribution < 1.29 is 23.7 Å². The fourth-order valence-corrected chi connectivity index (χ4v) is 4.45. The smallest absolute Gasteiger partial charge is 0.185 e. The highest BCUT2D eigenvalue weighted by Crippen LogP contribution is 2.41. The number of hydrogen-bond acceptors (Lipinski definition) is 5. The number of carbonyl (C=O) groups is 1. The van der Waals surface area contributed by atoms with Gasteiger partial charge in [-0.05, 0) is 66.3 Å². The second kappa shape index (κ2) is 10.3. The number of carbonyl (C=O) groups excluding carboxylic acids is 1. The first-order valence-corrected chi connectivity index (χ1v) is 10.9. The van der Waals surface area contributed by atoms with Gasteiger partial charge in [0.05, 0.1) is 38.5 Å². The molecule has 1 aliphatic rings. The highest BCUT2D eigenvalue weighted by molar-refractivity contribution is 6.34. The first-order valence-electron chi connectivity index (χ1n) is 10.1. The summed E-state index contributed by atoms with van der Waals surface area (Å²) in [4.78, 5) is 13.3. The van der Waals surface area contributed by atoms with Gasteiger partial charge < -0.3 is 18.9 Å². The quantitative estimate of drug-likeness (QED) is 0.445.